The third kappa shape index (κ3) is 8.20. The van der Waals surface area contributed by atoms with Gasteiger partial charge in [0.1, 0.15) is 9.93 Å². The zero-order valence-electron chi connectivity index (χ0n) is 11.2. The Hall–Kier alpha value is -0.630. The van der Waals surface area contributed by atoms with Gasteiger partial charge in [0.15, 0.2) is 0 Å². The number of rotatable bonds is 3. The molecule has 0 heterocycles. The zero-order chi connectivity index (χ0) is 14.3. The summed E-state index contributed by atoms with van der Waals surface area (Å²) in [5.41, 5.74) is 0.403. The molecular weight excluding hydrogens is 303 g/mol. The van der Waals surface area contributed by atoms with Crippen molar-refractivity contribution in [3.8, 4) is 0 Å². The van der Waals surface area contributed by atoms with Crippen LogP contribution in [-0.2, 0) is 14.9 Å². The largest absolute Gasteiger partial charge is 1.00 e. The Morgan fingerprint density at radius 1 is 1.37 bits per heavy atom. The van der Waals surface area contributed by atoms with E-state index in [2.05, 4.69) is 13.2 Å². The first-order valence-electron chi connectivity index (χ1n) is 4.46. The molecule has 0 aliphatic carbocycles. The molecule has 100 valence electrons. The topological polar surface area (TPSA) is 91.7 Å². The first-order valence-corrected chi connectivity index (χ1v) is 6.28. The van der Waals surface area contributed by atoms with Gasteiger partial charge in [0.05, 0.1) is 0 Å². The van der Waals surface area contributed by atoms with E-state index in [1.165, 1.54) is 18.2 Å². The number of carbonyl (C=O) groups is 1. The summed E-state index contributed by atoms with van der Waals surface area (Å²) in [7, 11) is -4.12. The molecule has 0 aliphatic rings. The van der Waals surface area contributed by atoms with Gasteiger partial charge in [-0.05, 0) is 11.6 Å². The second kappa shape index (κ2) is 9.30. The van der Waals surface area contributed by atoms with Crippen molar-refractivity contribution in [2.75, 3.05) is 0 Å². The summed E-state index contributed by atoms with van der Waals surface area (Å²) in [6.45, 7) is 6.35. The van der Waals surface area contributed by atoms with Crippen LogP contribution in [0.4, 0.5) is 0 Å². The van der Waals surface area contributed by atoms with Gasteiger partial charge in [-0.2, -0.15) is 8.42 Å². The van der Waals surface area contributed by atoms with Crippen LogP contribution in [0, 0.1) is 0 Å². The van der Waals surface area contributed by atoms with E-state index in [4.69, 9.17) is 21.3 Å². The van der Waals surface area contributed by atoms with Crippen molar-refractivity contribution < 1.29 is 53.9 Å². The van der Waals surface area contributed by atoms with Crippen molar-refractivity contribution in [2.45, 2.75) is 4.90 Å². The molecule has 0 aliphatic heterocycles. The molecule has 19 heavy (non-hydrogen) atoms. The second-order valence-corrected chi connectivity index (χ2v) is 4.77. The van der Waals surface area contributed by atoms with E-state index in [9.17, 15) is 13.2 Å². The molecule has 0 amide bonds. The molecule has 0 unspecified atom stereocenters. The minimum Gasteiger partial charge on any atom is -1.00 e. The predicted octanol–water partition coefficient (Wildman–Crippen LogP) is -0.484. The van der Waals surface area contributed by atoms with Gasteiger partial charge in [0.2, 0.25) is 0 Å². The molecule has 0 fully saturated rings. The van der Waals surface area contributed by atoms with E-state index in [1.54, 1.807) is 12.1 Å². The summed E-state index contributed by atoms with van der Waals surface area (Å²) in [4.78, 5) is 9.36. The molecule has 8 heteroatoms. The maximum absolute atomic E-state index is 10.7. The molecular formula is C11H12ClNaO5S. The Labute approximate surface area is 140 Å². The van der Waals surface area contributed by atoms with Crippen molar-refractivity contribution in [2.24, 2.45) is 0 Å². The molecule has 0 aromatic heterocycles. The second-order valence-electron chi connectivity index (χ2n) is 2.93. The normalized spacial score (nSPS) is 9.37. The predicted molar refractivity (Wildman–Crippen MR) is 70.1 cm³/mol. The van der Waals surface area contributed by atoms with E-state index >= 15 is 0 Å². The van der Waals surface area contributed by atoms with E-state index in [1.807, 2.05) is 0 Å². The minimum atomic E-state index is -4.12. The smallest absolute Gasteiger partial charge is 1.00 e. The van der Waals surface area contributed by atoms with Crippen LogP contribution in [-0.4, -0.2) is 24.0 Å². The molecule has 2 N–H and O–H groups in total. The van der Waals surface area contributed by atoms with E-state index in [0.29, 0.717) is 5.56 Å². The van der Waals surface area contributed by atoms with E-state index < -0.39 is 16.1 Å². The van der Waals surface area contributed by atoms with Crippen molar-refractivity contribution in [3.05, 3.63) is 48.0 Å². The van der Waals surface area contributed by atoms with Crippen LogP contribution in [0.15, 0.2) is 47.4 Å². The van der Waals surface area contributed by atoms with Crippen molar-refractivity contribution in [1.82, 2.24) is 0 Å². The van der Waals surface area contributed by atoms with Gasteiger partial charge < -0.3 is 6.53 Å². The maximum Gasteiger partial charge on any atom is 1.00 e. The number of benzene rings is 1. The summed E-state index contributed by atoms with van der Waals surface area (Å²) in [5.74, 6) is -1.17. The van der Waals surface area contributed by atoms with Crippen LogP contribution in [0.25, 0.3) is 6.08 Å². The van der Waals surface area contributed by atoms with Crippen LogP contribution in [0.2, 0.25) is 0 Å². The molecule has 5 nitrogen and oxygen atoms in total. The van der Waals surface area contributed by atoms with Crippen LogP contribution in [0.3, 0.4) is 0 Å². The van der Waals surface area contributed by atoms with E-state index in [-0.39, 0.29) is 40.9 Å². The maximum atomic E-state index is 10.7. The summed E-state index contributed by atoms with van der Waals surface area (Å²) >= 11 is 4.82. The summed E-state index contributed by atoms with van der Waals surface area (Å²) in [5, 5.41) is 7.41. The Morgan fingerprint density at radius 3 is 2.05 bits per heavy atom. The fourth-order valence-electron chi connectivity index (χ4n) is 0.884. The van der Waals surface area contributed by atoms with Crippen molar-refractivity contribution >= 4 is 33.8 Å². The Bertz CT molecular complexity index is 562. The standard InChI is InChI=1S/C8H8O3S.C3H3ClO2.Na.H/c1-2-7-5-3-4-6-8(7)12(9,10)11;1-2(4)3(5)6;;/h2-6H,1H2,(H,9,10,11);1H2,(H,5,6);;/q;;+1;-1. The average Bonchev–Trinajstić information content (AvgIpc) is 2.28. The first-order chi connectivity index (χ1) is 8.20. The molecule has 1 rings (SSSR count). The molecule has 0 bridgehead atoms. The zero-order valence-corrected chi connectivity index (χ0v) is 13.8. The Kier molecular flexibility index (Phi) is 10.1. The van der Waals surface area contributed by atoms with Crippen LogP contribution in [0.1, 0.15) is 6.99 Å². The molecule has 1 aromatic rings. The number of hydrogen-bond donors (Lipinski definition) is 2. The molecule has 0 saturated heterocycles. The summed E-state index contributed by atoms with van der Waals surface area (Å²) in [6.07, 6.45) is 1.38. The Morgan fingerprint density at radius 2 is 1.79 bits per heavy atom. The minimum absolute atomic E-state index is 0. The first kappa shape index (κ1) is 20.7. The number of halogens is 1. The van der Waals surface area contributed by atoms with Gasteiger partial charge >= 0.3 is 35.5 Å². The number of carboxylic acids is 1. The van der Waals surface area contributed by atoms with Crippen LogP contribution >= 0.6 is 11.6 Å². The van der Waals surface area contributed by atoms with Gasteiger partial charge in [-0.15, -0.1) is 0 Å². The van der Waals surface area contributed by atoms with Gasteiger partial charge in [0, 0.05) is 0 Å². The summed E-state index contributed by atoms with van der Waals surface area (Å²) < 4.78 is 30.2. The number of aliphatic carboxylic acids is 1. The number of carboxylic acid groups (broad SMARTS) is 1. The molecule has 0 radical (unpaired) electrons. The van der Waals surface area contributed by atoms with Gasteiger partial charge in [-0.3, -0.25) is 4.55 Å². The third-order valence-electron chi connectivity index (χ3n) is 1.65. The van der Waals surface area contributed by atoms with Crippen molar-refractivity contribution in [3.63, 3.8) is 0 Å². The van der Waals surface area contributed by atoms with Gasteiger partial charge in [0.25, 0.3) is 10.1 Å². The molecule has 1 aromatic carbocycles. The third-order valence-corrected chi connectivity index (χ3v) is 2.74. The van der Waals surface area contributed by atoms with Crippen molar-refractivity contribution in [1.29, 1.82) is 0 Å². The number of hydrogen-bond acceptors (Lipinski definition) is 3. The molecule has 0 spiro atoms. The molecule has 0 atom stereocenters. The van der Waals surface area contributed by atoms with E-state index in [0.717, 1.165) is 0 Å². The SMILES string of the molecule is C=C(Cl)C(=O)O.C=Cc1ccccc1S(=O)(=O)O.[H-].[Na+]. The van der Waals surface area contributed by atoms with Crippen LogP contribution in [0.5, 0.6) is 0 Å². The quantitative estimate of drug-likeness (QED) is 0.446. The fourth-order valence-corrected chi connectivity index (χ4v) is 1.58. The van der Waals surface area contributed by atoms with Crippen LogP contribution < -0.4 is 29.6 Å². The monoisotopic (exact) mass is 314 g/mol. The summed E-state index contributed by atoms with van der Waals surface area (Å²) in [6, 6.07) is 6.10. The van der Waals surface area contributed by atoms with Gasteiger partial charge in [-0.25, -0.2) is 4.79 Å². The fraction of sp³-hybridized carbons (Fsp3) is 0. The van der Waals surface area contributed by atoms with Gasteiger partial charge in [-0.1, -0.05) is 49.0 Å². The molecule has 0 saturated carbocycles. The Balaban J connectivity index is -0.000000316. The average molecular weight is 315 g/mol.